The minimum atomic E-state index is 0.666. The van der Waals surface area contributed by atoms with Crippen molar-refractivity contribution in [2.75, 3.05) is 0 Å². The van der Waals surface area contributed by atoms with Crippen molar-refractivity contribution in [3.63, 3.8) is 0 Å². The van der Waals surface area contributed by atoms with E-state index in [0.29, 0.717) is 6.54 Å². The van der Waals surface area contributed by atoms with Crippen LogP contribution in [-0.2, 0) is 13.1 Å². The van der Waals surface area contributed by atoms with Gasteiger partial charge in [0, 0.05) is 25.0 Å². The van der Waals surface area contributed by atoms with E-state index in [4.69, 9.17) is 5.73 Å². The molecule has 0 aliphatic heterocycles. The van der Waals surface area contributed by atoms with Crippen LogP contribution in [0.5, 0.6) is 0 Å². The van der Waals surface area contributed by atoms with E-state index in [9.17, 15) is 0 Å². The molecule has 2 heteroatoms. The van der Waals surface area contributed by atoms with Crippen molar-refractivity contribution in [3.05, 3.63) is 24.0 Å². The molecule has 2 N–H and O–H groups in total. The first-order valence-corrected chi connectivity index (χ1v) is 5.24. The summed E-state index contributed by atoms with van der Waals surface area (Å²) in [6, 6.07) is 4.21. The van der Waals surface area contributed by atoms with E-state index < -0.39 is 0 Å². The molecule has 0 aromatic carbocycles. The van der Waals surface area contributed by atoms with Gasteiger partial charge in [0.1, 0.15) is 0 Å². The number of nitrogens with zero attached hydrogens (tertiary/aromatic N) is 1. The van der Waals surface area contributed by atoms with Crippen LogP contribution in [0, 0.1) is 5.92 Å². The Kier molecular flexibility index (Phi) is 2.69. The summed E-state index contributed by atoms with van der Waals surface area (Å²) in [4.78, 5) is 0. The number of aromatic nitrogens is 1. The van der Waals surface area contributed by atoms with Gasteiger partial charge in [0.05, 0.1) is 0 Å². The van der Waals surface area contributed by atoms with Gasteiger partial charge in [-0.15, -0.1) is 0 Å². The first-order chi connectivity index (χ1) is 6.40. The van der Waals surface area contributed by atoms with Crippen LogP contribution in [0.25, 0.3) is 0 Å². The van der Waals surface area contributed by atoms with Gasteiger partial charge in [-0.1, -0.05) is 12.8 Å². The first kappa shape index (κ1) is 8.82. The highest BCUT2D eigenvalue weighted by Crippen LogP contribution is 2.26. The maximum atomic E-state index is 5.65. The molecule has 2 rings (SSSR count). The fourth-order valence-electron chi connectivity index (χ4n) is 2.28. The fourth-order valence-corrected chi connectivity index (χ4v) is 2.28. The van der Waals surface area contributed by atoms with Crippen LogP contribution in [0.1, 0.15) is 31.4 Å². The highest BCUT2D eigenvalue weighted by molar-refractivity contribution is 5.06. The minimum Gasteiger partial charge on any atom is -0.350 e. The van der Waals surface area contributed by atoms with Gasteiger partial charge < -0.3 is 10.3 Å². The lowest BCUT2D eigenvalue weighted by atomic mass is 10.1. The van der Waals surface area contributed by atoms with E-state index in [-0.39, 0.29) is 0 Å². The molecule has 0 atom stereocenters. The van der Waals surface area contributed by atoms with Crippen molar-refractivity contribution in [2.45, 2.75) is 38.8 Å². The third-order valence-electron chi connectivity index (χ3n) is 3.06. The van der Waals surface area contributed by atoms with Gasteiger partial charge in [-0.25, -0.2) is 0 Å². The predicted molar refractivity (Wildman–Crippen MR) is 54.3 cm³/mol. The van der Waals surface area contributed by atoms with Gasteiger partial charge in [0.25, 0.3) is 0 Å². The summed E-state index contributed by atoms with van der Waals surface area (Å²) in [7, 11) is 0. The number of hydrogen-bond donors (Lipinski definition) is 1. The molecule has 1 aromatic heterocycles. The molecule has 1 saturated carbocycles. The topological polar surface area (TPSA) is 30.9 Å². The molecule has 0 spiro atoms. The van der Waals surface area contributed by atoms with E-state index in [1.807, 2.05) is 0 Å². The van der Waals surface area contributed by atoms with Crippen molar-refractivity contribution >= 4 is 0 Å². The minimum absolute atomic E-state index is 0.666. The van der Waals surface area contributed by atoms with Crippen LogP contribution < -0.4 is 5.73 Å². The summed E-state index contributed by atoms with van der Waals surface area (Å²) < 4.78 is 2.32. The smallest absolute Gasteiger partial charge is 0.0334 e. The van der Waals surface area contributed by atoms with Crippen molar-refractivity contribution in [3.8, 4) is 0 Å². The van der Waals surface area contributed by atoms with Crippen molar-refractivity contribution in [2.24, 2.45) is 11.7 Å². The average Bonchev–Trinajstić information content (AvgIpc) is 2.76. The average molecular weight is 178 g/mol. The number of hydrogen-bond acceptors (Lipinski definition) is 1. The Morgan fingerprint density at radius 1 is 1.38 bits per heavy atom. The molecule has 1 heterocycles. The molecule has 1 fully saturated rings. The molecule has 2 nitrogen and oxygen atoms in total. The standard InChI is InChI=1S/C11H18N2/c12-8-11-6-3-7-13(11)9-10-4-1-2-5-10/h3,6-7,10H,1-2,4-5,8-9,12H2. The maximum Gasteiger partial charge on any atom is 0.0334 e. The van der Waals surface area contributed by atoms with Crippen LogP contribution in [0.4, 0.5) is 0 Å². The number of nitrogens with two attached hydrogens (primary N) is 1. The van der Waals surface area contributed by atoms with Crippen LogP contribution in [0.15, 0.2) is 18.3 Å². The molecular weight excluding hydrogens is 160 g/mol. The molecule has 1 aromatic rings. The summed E-state index contributed by atoms with van der Waals surface area (Å²) in [5, 5.41) is 0. The highest BCUT2D eigenvalue weighted by Gasteiger charge is 2.15. The Morgan fingerprint density at radius 3 is 2.85 bits per heavy atom. The summed E-state index contributed by atoms with van der Waals surface area (Å²) in [6.07, 6.45) is 7.80. The Balaban J connectivity index is 1.99. The normalized spacial score (nSPS) is 18.2. The first-order valence-electron chi connectivity index (χ1n) is 5.24. The Labute approximate surface area is 79.7 Å². The third-order valence-corrected chi connectivity index (χ3v) is 3.06. The van der Waals surface area contributed by atoms with Gasteiger partial charge in [0.2, 0.25) is 0 Å². The third kappa shape index (κ3) is 1.94. The zero-order valence-corrected chi connectivity index (χ0v) is 8.08. The van der Waals surface area contributed by atoms with Crippen molar-refractivity contribution in [1.29, 1.82) is 0 Å². The second-order valence-corrected chi connectivity index (χ2v) is 4.01. The van der Waals surface area contributed by atoms with E-state index in [1.54, 1.807) is 0 Å². The number of rotatable bonds is 3. The molecule has 1 aliphatic rings. The van der Waals surface area contributed by atoms with Gasteiger partial charge in [-0.05, 0) is 30.9 Å². The van der Waals surface area contributed by atoms with Crippen LogP contribution in [-0.4, -0.2) is 4.57 Å². The predicted octanol–water partition coefficient (Wildman–Crippen LogP) is 2.14. The lowest BCUT2D eigenvalue weighted by molar-refractivity contribution is 0.450. The molecule has 0 radical (unpaired) electrons. The fraction of sp³-hybridized carbons (Fsp3) is 0.636. The zero-order chi connectivity index (χ0) is 9.10. The van der Waals surface area contributed by atoms with Gasteiger partial charge in [-0.3, -0.25) is 0 Å². The SMILES string of the molecule is NCc1cccn1CC1CCCC1. The van der Waals surface area contributed by atoms with E-state index >= 15 is 0 Å². The molecule has 1 aliphatic carbocycles. The molecule has 0 saturated heterocycles. The summed E-state index contributed by atoms with van der Waals surface area (Å²) >= 11 is 0. The van der Waals surface area contributed by atoms with E-state index in [1.165, 1.54) is 37.9 Å². The van der Waals surface area contributed by atoms with Crippen molar-refractivity contribution in [1.82, 2.24) is 4.57 Å². The summed E-state index contributed by atoms with van der Waals surface area (Å²) in [6.45, 7) is 1.85. The van der Waals surface area contributed by atoms with E-state index in [0.717, 1.165) is 5.92 Å². The zero-order valence-electron chi connectivity index (χ0n) is 8.08. The molecular formula is C11H18N2. The summed E-state index contributed by atoms with van der Waals surface area (Å²) in [5.74, 6) is 0.901. The molecule has 72 valence electrons. The van der Waals surface area contributed by atoms with Crippen LogP contribution >= 0.6 is 0 Å². The largest absolute Gasteiger partial charge is 0.350 e. The lowest BCUT2D eigenvalue weighted by Crippen LogP contribution is -2.11. The summed E-state index contributed by atoms with van der Waals surface area (Å²) in [5.41, 5.74) is 6.92. The maximum absolute atomic E-state index is 5.65. The Hall–Kier alpha value is -0.760. The second-order valence-electron chi connectivity index (χ2n) is 4.01. The lowest BCUT2D eigenvalue weighted by Gasteiger charge is -2.12. The van der Waals surface area contributed by atoms with Gasteiger partial charge in [-0.2, -0.15) is 0 Å². The molecule has 0 amide bonds. The van der Waals surface area contributed by atoms with Crippen LogP contribution in [0.2, 0.25) is 0 Å². The molecule has 0 unspecified atom stereocenters. The highest BCUT2D eigenvalue weighted by atomic mass is 15.0. The second kappa shape index (κ2) is 3.97. The van der Waals surface area contributed by atoms with Crippen molar-refractivity contribution < 1.29 is 0 Å². The molecule has 0 bridgehead atoms. The van der Waals surface area contributed by atoms with Crippen LogP contribution in [0.3, 0.4) is 0 Å². The molecule has 13 heavy (non-hydrogen) atoms. The van der Waals surface area contributed by atoms with E-state index in [2.05, 4.69) is 22.9 Å². The monoisotopic (exact) mass is 178 g/mol. The quantitative estimate of drug-likeness (QED) is 0.755. The Morgan fingerprint density at radius 2 is 2.15 bits per heavy atom. The Bertz CT molecular complexity index is 259. The van der Waals surface area contributed by atoms with Gasteiger partial charge >= 0.3 is 0 Å². The van der Waals surface area contributed by atoms with Gasteiger partial charge in [0.15, 0.2) is 0 Å².